The molecule has 268 valence electrons. The van der Waals surface area contributed by atoms with Gasteiger partial charge in [0, 0.05) is 33.0 Å². The van der Waals surface area contributed by atoms with Crippen molar-refractivity contribution in [3.05, 3.63) is 179 Å². The van der Waals surface area contributed by atoms with E-state index in [0.717, 1.165) is 56.9 Å². The second kappa shape index (κ2) is 12.8. The van der Waals surface area contributed by atoms with Crippen LogP contribution in [0.1, 0.15) is 48.6 Å². The Morgan fingerprint density at radius 1 is 0.589 bits per heavy atom. The smallest absolute Gasteiger partial charge is 0.235 e. The van der Waals surface area contributed by atoms with Crippen LogP contribution in [-0.2, 0) is 11.8 Å². The van der Waals surface area contributed by atoms with Crippen molar-refractivity contribution in [1.82, 2.24) is 19.1 Å². The van der Waals surface area contributed by atoms with Crippen LogP contribution in [0.4, 0.5) is 0 Å². The molecule has 3 aromatic heterocycles. The Morgan fingerprint density at radius 3 is 1.91 bits per heavy atom. The number of fused-ring (bicyclic) bond motifs is 5. The number of aryl methyl sites for hydroxylation is 2. The lowest BCUT2D eigenvalue weighted by molar-refractivity contribution is 0.660. The quantitative estimate of drug-likeness (QED) is 0.172. The molecule has 0 radical (unpaired) electrons. The standard InChI is InChI=1S/C51H39N5/c1-5-37-41-19-11-14-22-47(41)55(36-27-28-40-39-18-9-12-20-42(39)51(3,4)43(40)29-36)49(37)48-32(2)38-17-10-13-21-46(38)56(48)50-53-44(34-15-7-6-8-16-34)30-45(54-50)35-25-23-33(31-52)24-26-35/h6-30H,5H2,1-4H3. The van der Waals surface area contributed by atoms with Crippen LogP contribution in [0.5, 0.6) is 0 Å². The number of hydrogen-bond acceptors (Lipinski definition) is 3. The molecular weight excluding hydrogens is 683 g/mol. The van der Waals surface area contributed by atoms with Gasteiger partial charge in [-0.2, -0.15) is 5.26 Å². The predicted octanol–water partition coefficient (Wildman–Crippen LogP) is 12.4. The number of benzene rings is 6. The van der Waals surface area contributed by atoms with E-state index >= 15 is 0 Å². The summed E-state index contributed by atoms with van der Waals surface area (Å²) in [5.41, 5.74) is 17.3. The summed E-state index contributed by atoms with van der Waals surface area (Å²) in [5, 5.41) is 11.9. The zero-order chi connectivity index (χ0) is 38.1. The zero-order valence-corrected chi connectivity index (χ0v) is 31.9. The normalized spacial score (nSPS) is 12.8. The Morgan fingerprint density at radius 2 is 1.20 bits per heavy atom. The Balaban J connectivity index is 1.29. The zero-order valence-electron chi connectivity index (χ0n) is 31.9. The van der Waals surface area contributed by atoms with Crippen LogP contribution in [0.15, 0.2) is 152 Å². The van der Waals surface area contributed by atoms with Crippen molar-refractivity contribution in [3.8, 4) is 62.7 Å². The lowest BCUT2D eigenvalue weighted by Crippen LogP contribution is -2.15. The van der Waals surface area contributed by atoms with Crippen LogP contribution < -0.4 is 0 Å². The molecule has 10 rings (SSSR count). The van der Waals surface area contributed by atoms with Gasteiger partial charge in [-0.15, -0.1) is 0 Å². The second-order valence-corrected chi connectivity index (χ2v) is 15.3. The lowest BCUT2D eigenvalue weighted by atomic mass is 9.82. The molecule has 0 amide bonds. The number of nitrogens with zero attached hydrogens (tertiary/aromatic N) is 5. The molecule has 5 nitrogen and oxygen atoms in total. The summed E-state index contributed by atoms with van der Waals surface area (Å²) in [7, 11) is 0. The molecule has 0 unspecified atom stereocenters. The highest BCUT2D eigenvalue weighted by Crippen LogP contribution is 2.50. The van der Waals surface area contributed by atoms with E-state index in [4.69, 9.17) is 9.97 Å². The Labute approximate surface area is 326 Å². The van der Waals surface area contributed by atoms with Gasteiger partial charge in [-0.25, -0.2) is 9.97 Å². The van der Waals surface area contributed by atoms with Gasteiger partial charge < -0.3 is 4.57 Å². The average Bonchev–Trinajstić information content (AvgIpc) is 3.82. The van der Waals surface area contributed by atoms with Crippen molar-refractivity contribution in [2.45, 2.75) is 39.5 Å². The van der Waals surface area contributed by atoms with Gasteiger partial charge in [0.15, 0.2) is 0 Å². The predicted molar refractivity (Wildman–Crippen MR) is 228 cm³/mol. The molecule has 0 fully saturated rings. The highest BCUT2D eigenvalue weighted by molar-refractivity contribution is 5.99. The molecule has 5 heteroatoms. The maximum Gasteiger partial charge on any atom is 0.235 e. The van der Waals surface area contributed by atoms with E-state index in [2.05, 4.69) is 152 Å². The third-order valence-corrected chi connectivity index (χ3v) is 11.8. The molecule has 0 spiro atoms. The summed E-state index contributed by atoms with van der Waals surface area (Å²) in [6.07, 6.45) is 0.840. The lowest BCUT2D eigenvalue weighted by Gasteiger charge is -2.23. The molecule has 9 aromatic rings. The second-order valence-electron chi connectivity index (χ2n) is 15.3. The Kier molecular flexibility index (Phi) is 7.66. The van der Waals surface area contributed by atoms with Gasteiger partial charge in [-0.3, -0.25) is 4.57 Å². The monoisotopic (exact) mass is 721 g/mol. The summed E-state index contributed by atoms with van der Waals surface area (Å²) < 4.78 is 4.76. The number of rotatable bonds is 6. The average molecular weight is 722 g/mol. The molecule has 0 saturated carbocycles. The first-order valence-electron chi connectivity index (χ1n) is 19.3. The van der Waals surface area contributed by atoms with Crippen molar-refractivity contribution in [3.63, 3.8) is 0 Å². The van der Waals surface area contributed by atoms with Gasteiger partial charge in [0.05, 0.1) is 45.4 Å². The van der Waals surface area contributed by atoms with Gasteiger partial charge in [0.1, 0.15) is 0 Å². The molecule has 1 aliphatic carbocycles. The number of aromatic nitrogens is 4. The van der Waals surface area contributed by atoms with Crippen molar-refractivity contribution >= 4 is 21.8 Å². The SMILES string of the molecule is CCc1c(-c2c(C)c3ccccc3n2-c2nc(-c3ccccc3)cc(-c3ccc(C#N)cc3)n2)n(-c2ccc3c(c2)C(C)(C)c2ccccc2-3)c2ccccc12. The van der Waals surface area contributed by atoms with E-state index in [0.29, 0.717) is 11.5 Å². The molecule has 1 aliphatic rings. The molecule has 0 bridgehead atoms. The van der Waals surface area contributed by atoms with Crippen LogP contribution >= 0.6 is 0 Å². The van der Waals surface area contributed by atoms with Gasteiger partial charge in [-0.05, 0) is 89.2 Å². The van der Waals surface area contributed by atoms with Crippen LogP contribution in [-0.4, -0.2) is 19.1 Å². The molecular formula is C51H39N5. The minimum Gasteiger partial charge on any atom is -0.307 e. The third-order valence-electron chi connectivity index (χ3n) is 11.8. The van der Waals surface area contributed by atoms with Crippen molar-refractivity contribution in [2.75, 3.05) is 0 Å². The van der Waals surface area contributed by atoms with Crippen LogP contribution in [0.3, 0.4) is 0 Å². The summed E-state index contributed by atoms with van der Waals surface area (Å²) >= 11 is 0. The van der Waals surface area contributed by atoms with E-state index < -0.39 is 0 Å². The molecule has 0 atom stereocenters. The maximum atomic E-state index is 9.56. The number of hydrogen-bond donors (Lipinski definition) is 0. The molecule has 0 N–H and O–H groups in total. The molecule has 6 aromatic carbocycles. The highest BCUT2D eigenvalue weighted by Gasteiger charge is 2.36. The fraction of sp³-hybridized carbons (Fsp3) is 0.118. The first-order valence-corrected chi connectivity index (χ1v) is 19.3. The minimum absolute atomic E-state index is 0.142. The maximum absolute atomic E-state index is 9.56. The molecule has 56 heavy (non-hydrogen) atoms. The van der Waals surface area contributed by atoms with E-state index in [-0.39, 0.29) is 5.41 Å². The minimum atomic E-state index is -0.142. The molecule has 3 heterocycles. The summed E-state index contributed by atoms with van der Waals surface area (Å²) in [5.74, 6) is 0.592. The van der Waals surface area contributed by atoms with E-state index in [1.54, 1.807) is 0 Å². The first kappa shape index (κ1) is 33.5. The van der Waals surface area contributed by atoms with Gasteiger partial charge in [0.25, 0.3) is 0 Å². The highest BCUT2D eigenvalue weighted by atomic mass is 15.2. The van der Waals surface area contributed by atoms with E-state index in [1.165, 1.54) is 44.3 Å². The summed E-state index contributed by atoms with van der Waals surface area (Å²) in [6, 6.07) is 55.5. The number of nitriles is 1. The van der Waals surface area contributed by atoms with Crippen molar-refractivity contribution in [2.24, 2.45) is 0 Å². The van der Waals surface area contributed by atoms with E-state index in [1.807, 2.05) is 42.5 Å². The topological polar surface area (TPSA) is 59.4 Å². The Bertz CT molecular complexity index is 3050. The van der Waals surface area contributed by atoms with Gasteiger partial charge >= 0.3 is 0 Å². The summed E-state index contributed by atoms with van der Waals surface area (Å²) in [4.78, 5) is 10.7. The first-order chi connectivity index (χ1) is 27.4. The third kappa shape index (κ3) is 4.99. The largest absolute Gasteiger partial charge is 0.307 e. The van der Waals surface area contributed by atoms with Crippen molar-refractivity contribution < 1.29 is 0 Å². The van der Waals surface area contributed by atoms with Crippen LogP contribution in [0.25, 0.3) is 78.5 Å². The molecule has 0 saturated heterocycles. The van der Waals surface area contributed by atoms with Gasteiger partial charge in [-0.1, -0.05) is 130 Å². The number of para-hydroxylation sites is 2. The van der Waals surface area contributed by atoms with Crippen LogP contribution in [0.2, 0.25) is 0 Å². The molecule has 0 aliphatic heterocycles. The Hall–Kier alpha value is -7.03. The van der Waals surface area contributed by atoms with Crippen LogP contribution in [0, 0.1) is 18.3 Å². The van der Waals surface area contributed by atoms with E-state index in [9.17, 15) is 5.26 Å². The van der Waals surface area contributed by atoms with Crippen molar-refractivity contribution in [1.29, 1.82) is 5.26 Å². The van der Waals surface area contributed by atoms with Gasteiger partial charge in [0.2, 0.25) is 5.95 Å². The fourth-order valence-corrected chi connectivity index (χ4v) is 9.06. The fourth-order valence-electron chi connectivity index (χ4n) is 9.06. The summed E-state index contributed by atoms with van der Waals surface area (Å²) in [6.45, 7) is 9.19.